The summed E-state index contributed by atoms with van der Waals surface area (Å²) in [5.74, 6) is 4.46. The van der Waals surface area contributed by atoms with Crippen LogP contribution in [-0.2, 0) is 23.7 Å². The Morgan fingerprint density at radius 1 is 0.810 bits per heavy atom. The average Bonchev–Trinajstić information content (AvgIpc) is 3.60. The fourth-order valence-corrected chi connectivity index (χ4v) is 13.7. The number of aliphatic hydroxyl groups is 7. The van der Waals surface area contributed by atoms with Crippen LogP contribution in [0.3, 0.4) is 0 Å². The van der Waals surface area contributed by atoms with Gasteiger partial charge in [0, 0.05) is 13.0 Å². The van der Waals surface area contributed by atoms with E-state index in [2.05, 4.69) is 63.2 Å². The van der Waals surface area contributed by atoms with Gasteiger partial charge >= 0.3 is 6.09 Å². The van der Waals surface area contributed by atoms with E-state index in [1.165, 1.54) is 50.5 Å². The highest BCUT2D eigenvalue weighted by atomic mass is 16.7. The number of carbonyl (C=O) groups excluding carboxylic acids is 1. The number of rotatable bonds is 13. The topological polar surface area (TPSA) is 300 Å². The minimum absolute atomic E-state index is 0.0979. The quantitative estimate of drug-likeness (QED) is 0.0964. The molecule has 0 aromatic heterocycles. The molecule has 17 heteroatoms. The summed E-state index contributed by atoms with van der Waals surface area (Å²) in [6.45, 7) is 11.4. The second kappa shape index (κ2) is 20.0. The first-order valence-electron chi connectivity index (χ1n) is 24.2. The largest absolute Gasteiger partial charge is 0.446 e. The van der Waals surface area contributed by atoms with Crippen LogP contribution < -0.4 is 22.5 Å². The normalized spacial score (nSPS) is 49.3. The summed E-state index contributed by atoms with van der Waals surface area (Å²) in [6.07, 6.45) is -1.97. The van der Waals surface area contributed by atoms with Gasteiger partial charge in [0.15, 0.2) is 18.7 Å². The molecule has 2 saturated heterocycles. The number of alkyl carbamates (subject to hydrolysis) is 1. The molecule has 0 radical (unpaired) electrons. The molecular formula is C46H83N4O13+3. The van der Waals surface area contributed by atoms with Crippen LogP contribution in [0.2, 0.25) is 0 Å². The van der Waals surface area contributed by atoms with Crippen LogP contribution in [0, 0.1) is 46.3 Å². The molecule has 2 heterocycles. The fraction of sp³-hybridized carbons (Fsp3) is 0.935. The van der Waals surface area contributed by atoms with E-state index in [4.69, 9.17) is 23.7 Å². The molecule has 7 aliphatic rings. The van der Waals surface area contributed by atoms with Crippen molar-refractivity contribution in [1.29, 1.82) is 0 Å². The van der Waals surface area contributed by atoms with Crippen LogP contribution in [0.15, 0.2) is 11.6 Å². The Hall–Kier alpha value is -1.55. The summed E-state index contributed by atoms with van der Waals surface area (Å²) >= 11 is 0. The number of fused-ring (bicyclic) bond motifs is 5. The fourth-order valence-electron chi connectivity index (χ4n) is 13.7. The standard InChI is InChI=1S/C46H80N4O13/c1-21(2)7-6-8-22(3)26-11-12-27-25-10-9-23-17-24(13-15-45(23,4)28(25)14-16-46(26,27)5)59-44(58)50-19-31-35(53)37(55)38(56)43(60-31)63-41-30(48)18-29(47)40(39(41)57)62-42-36(54)33(49)34(52)32(20-51)61-42/h9,21-22,24-43,51-57H,6-8,10-20,47-49H2,1-5H3,(H,50,58)/p+3. The molecule has 6 fully saturated rings. The molecule has 0 aromatic rings. The third kappa shape index (κ3) is 9.76. The van der Waals surface area contributed by atoms with Gasteiger partial charge in [-0.1, -0.05) is 65.5 Å². The lowest BCUT2D eigenvalue weighted by molar-refractivity contribution is -0.525. The Morgan fingerprint density at radius 2 is 1.48 bits per heavy atom. The molecule has 4 saturated carbocycles. The molecule has 23 unspecified atom stereocenters. The summed E-state index contributed by atoms with van der Waals surface area (Å²) in [5, 5.41) is 77.6. The van der Waals surface area contributed by atoms with E-state index in [0.29, 0.717) is 23.7 Å². The predicted octanol–water partition coefficient (Wildman–Crippen LogP) is -1.26. The molecule has 362 valence electrons. The third-order valence-electron chi connectivity index (χ3n) is 17.5. The van der Waals surface area contributed by atoms with Gasteiger partial charge in [-0.2, -0.15) is 0 Å². The van der Waals surface area contributed by atoms with Gasteiger partial charge in [0.2, 0.25) is 0 Å². The monoisotopic (exact) mass is 900 g/mol. The maximum atomic E-state index is 13.3. The van der Waals surface area contributed by atoms with Gasteiger partial charge in [0.25, 0.3) is 0 Å². The Morgan fingerprint density at radius 3 is 2.14 bits per heavy atom. The van der Waals surface area contributed by atoms with E-state index in [1.54, 1.807) is 0 Å². The molecule has 63 heavy (non-hydrogen) atoms. The van der Waals surface area contributed by atoms with Gasteiger partial charge in [0.05, 0.1) is 13.0 Å². The van der Waals surface area contributed by atoms with Crippen LogP contribution in [0.1, 0.15) is 112 Å². The van der Waals surface area contributed by atoms with E-state index in [9.17, 15) is 40.5 Å². The van der Waals surface area contributed by atoms with Crippen LogP contribution in [0.25, 0.3) is 0 Å². The molecule has 0 bridgehead atoms. The number of hydrogen-bond donors (Lipinski definition) is 11. The lowest BCUT2D eigenvalue weighted by atomic mass is 9.47. The molecule has 17 nitrogen and oxygen atoms in total. The first kappa shape index (κ1) is 49.4. The lowest BCUT2D eigenvalue weighted by Crippen LogP contribution is -2.83. The van der Waals surface area contributed by atoms with Gasteiger partial charge in [-0.15, -0.1) is 0 Å². The smallest absolute Gasteiger partial charge is 0.407 e. The van der Waals surface area contributed by atoms with Gasteiger partial charge in [0.1, 0.15) is 79.2 Å². The summed E-state index contributed by atoms with van der Waals surface area (Å²) in [5.41, 5.74) is 13.9. The number of ether oxygens (including phenoxy) is 5. The Bertz CT molecular complexity index is 1580. The molecule has 1 amide bonds. The van der Waals surface area contributed by atoms with Crippen molar-refractivity contribution in [2.45, 2.75) is 210 Å². The summed E-state index contributed by atoms with van der Waals surface area (Å²) < 4.78 is 29.6. The molecule has 7 rings (SSSR count). The number of carbonyl (C=O) groups is 1. The first-order chi connectivity index (χ1) is 29.8. The van der Waals surface area contributed by atoms with Crippen molar-refractivity contribution in [1.82, 2.24) is 5.32 Å². The zero-order valence-electron chi connectivity index (χ0n) is 38.4. The molecule has 5 aliphatic carbocycles. The molecular weight excluding hydrogens is 817 g/mol. The maximum Gasteiger partial charge on any atom is 0.407 e. The molecule has 2 aliphatic heterocycles. The van der Waals surface area contributed by atoms with E-state index in [1.807, 2.05) is 0 Å². The van der Waals surface area contributed by atoms with E-state index < -0.39 is 104 Å². The first-order valence-corrected chi connectivity index (χ1v) is 24.2. The van der Waals surface area contributed by atoms with Crippen molar-refractivity contribution in [2.75, 3.05) is 13.2 Å². The maximum absolute atomic E-state index is 13.3. The SMILES string of the molecule is CC(C)CCCC(C)C1CCC2C3CC=C4CC(OC(=O)NCC5OC(OC6C([NH3+])CC([NH3+])C(OC7OC(CO)C(O)C([NH3+])C7O)C6O)C(O)C(O)C5O)CCC4(C)C3CCC12C. The molecule has 23 atom stereocenters. The second-order valence-electron chi connectivity index (χ2n) is 21.8. The van der Waals surface area contributed by atoms with Crippen molar-refractivity contribution >= 4 is 6.09 Å². The number of hydrogen-bond acceptors (Lipinski definition) is 13. The highest BCUT2D eigenvalue weighted by molar-refractivity contribution is 5.67. The third-order valence-corrected chi connectivity index (χ3v) is 17.5. The number of quaternary nitrogens is 3. The molecule has 0 aromatic carbocycles. The van der Waals surface area contributed by atoms with Crippen molar-refractivity contribution in [3.8, 4) is 0 Å². The minimum Gasteiger partial charge on any atom is -0.446 e. The molecule has 0 spiro atoms. The van der Waals surface area contributed by atoms with Crippen LogP contribution in [-0.4, -0.2) is 153 Å². The minimum atomic E-state index is -1.72. The Labute approximate surface area is 372 Å². The van der Waals surface area contributed by atoms with Gasteiger partial charge in [-0.3, -0.25) is 0 Å². The number of allylic oxidation sites excluding steroid dienone is 1. The predicted molar refractivity (Wildman–Crippen MR) is 226 cm³/mol. The van der Waals surface area contributed by atoms with Crippen molar-refractivity contribution in [3.63, 3.8) is 0 Å². The van der Waals surface area contributed by atoms with Crippen molar-refractivity contribution < 1.29 is 81.4 Å². The zero-order valence-corrected chi connectivity index (χ0v) is 38.4. The van der Waals surface area contributed by atoms with Gasteiger partial charge in [-0.25, -0.2) is 4.79 Å². The van der Waals surface area contributed by atoms with Gasteiger partial charge < -0.3 is 81.9 Å². The lowest BCUT2D eigenvalue weighted by Gasteiger charge is -2.58. The number of amides is 1. The number of nitrogens with one attached hydrogen (secondary N) is 1. The highest BCUT2D eigenvalue weighted by Gasteiger charge is 2.60. The zero-order chi connectivity index (χ0) is 45.7. The van der Waals surface area contributed by atoms with Gasteiger partial charge in [-0.05, 0) is 91.3 Å². The van der Waals surface area contributed by atoms with E-state index in [-0.39, 0.29) is 24.5 Å². The van der Waals surface area contributed by atoms with E-state index >= 15 is 0 Å². The van der Waals surface area contributed by atoms with Crippen LogP contribution >= 0.6 is 0 Å². The number of aliphatic hydroxyl groups excluding tert-OH is 7. The highest BCUT2D eigenvalue weighted by Crippen LogP contribution is 2.67. The average molecular weight is 900 g/mol. The van der Waals surface area contributed by atoms with Crippen LogP contribution in [0.4, 0.5) is 4.79 Å². The summed E-state index contributed by atoms with van der Waals surface area (Å²) in [6, 6.07) is -2.10. The summed E-state index contributed by atoms with van der Waals surface area (Å²) in [7, 11) is 0. The van der Waals surface area contributed by atoms with Crippen molar-refractivity contribution in [3.05, 3.63) is 11.6 Å². The van der Waals surface area contributed by atoms with E-state index in [0.717, 1.165) is 42.9 Å². The molecule has 17 N–H and O–H groups in total. The van der Waals surface area contributed by atoms with Crippen molar-refractivity contribution in [2.24, 2.45) is 46.3 Å². The Kier molecular flexibility index (Phi) is 15.6. The summed E-state index contributed by atoms with van der Waals surface area (Å²) in [4.78, 5) is 13.3. The Balaban J connectivity index is 0.917. The van der Waals surface area contributed by atoms with Crippen LogP contribution in [0.5, 0.6) is 0 Å². The second-order valence-corrected chi connectivity index (χ2v) is 21.8.